The van der Waals surface area contributed by atoms with Gasteiger partial charge in [0.2, 0.25) is 11.7 Å². The first-order chi connectivity index (χ1) is 12.4. The van der Waals surface area contributed by atoms with Crippen molar-refractivity contribution >= 4 is 33.2 Å². The van der Waals surface area contributed by atoms with Crippen molar-refractivity contribution in [2.24, 2.45) is 0 Å². The lowest BCUT2D eigenvalue weighted by Crippen LogP contribution is -2.27. The lowest BCUT2D eigenvalue weighted by Gasteiger charge is -2.13. The number of carboxylic acids is 1. The number of hydrogen-bond acceptors (Lipinski definition) is 6. The summed E-state index contributed by atoms with van der Waals surface area (Å²) in [6, 6.07) is 5.98. The quantitative estimate of drug-likeness (QED) is 0.733. The Bertz CT molecular complexity index is 909. The second kappa shape index (κ2) is 7.60. The fourth-order valence-electron chi connectivity index (χ4n) is 2.64. The van der Waals surface area contributed by atoms with Crippen molar-refractivity contribution in [3.05, 3.63) is 40.7 Å². The lowest BCUT2D eigenvalue weighted by atomic mass is 10.3. The maximum atomic E-state index is 12.5. The van der Waals surface area contributed by atoms with Crippen molar-refractivity contribution in [2.75, 3.05) is 13.1 Å². The first-order valence-corrected chi connectivity index (χ1v) is 10.3. The van der Waals surface area contributed by atoms with Crippen LogP contribution in [-0.4, -0.2) is 42.8 Å². The summed E-state index contributed by atoms with van der Waals surface area (Å²) in [5.74, 6) is -1.33. The number of furan rings is 1. The Labute approximate surface area is 154 Å². The molecule has 3 heterocycles. The van der Waals surface area contributed by atoms with E-state index in [0.29, 0.717) is 23.7 Å². The van der Waals surface area contributed by atoms with Gasteiger partial charge in [-0.1, -0.05) is 0 Å². The van der Waals surface area contributed by atoms with E-state index in [1.165, 1.54) is 22.5 Å². The van der Waals surface area contributed by atoms with Gasteiger partial charge in [0.15, 0.2) is 0 Å². The zero-order chi connectivity index (χ0) is 18.7. The van der Waals surface area contributed by atoms with Gasteiger partial charge in [-0.2, -0.15) is 4.31 Å². The minimum atomic E-state index is -3.46. The Balaban J connectivity index is 1.56. The molecule has 0 atom stereocenters. The number of rotatable bonds is 7. The highest BCUT2D eigenvalue weighted by molar-refractivity contribution is 7.91. The first-order valence-electron chi connectivity index (χ1n) is 8.04. The molecule has 10 heteroatoms. The van der Waals surface area contributed by atoms with E-state index in [-0.39, 0.29) is 28.8 Å². The van der Waals surface area contributed by atoms with Gasteiger partial charge in [-0.05, 0) is 37.1 Å². The molecule has 1 amide bonds. The Hall–Kier alpha value is -2.17. The van der Waals surface area contributed by atoms with E-state index in [0.717, 1.165) is 24.2 Å². The molecule has 0 aliphatic carbocycles. The van der Waals surface area contributed by atoms with E-state index in [1.54, 1.807) is 6.07 Å². The predicted molar refractivity (Wildman–Crippen MR) is 93.5 cm³/mol. The zero-order valence-corrected chi connectivity index (χ0v) is 15.4. The molecule has 0 saturated carbocycles. The number of amides is 1. The predicted octanol–water partition coefficient (Wildman–Crippen LogP) is 1.68. The largest absolute Gasteiger partial charge is 0.475 e. The summed E-state index contributed by atoms with van der Waals surface area (Å²) >= 11 is 1.09. The van der Waals surface area contributed by atoms with E-state index in [1.807, 2.05) is 0 Å². The molecule has 0 bridgehead atoms. The number of carbonyl (C=O) groups excluding carboxylic acids is 1. The number of nitrogens with one attached hydrogen (secondary N) is 1. The number of carbonyl (C=O) groups is 2. The van der Waals surface area contributed by atoms with Crippen molar-refractivity contribution < 1.29 is 27.5 Å². The summed E-state index contributed by atoms with van der Waals surface area (Å²) < 4.78 is 31.7. The molecule has 2 N–H and O–H groups in total. The molecule has 140 valence electrons. The minimum absolute atomic E-state index is 0.0483. The van der Waals surface area contributed by atoms with Crippen LogP contribution in [0.15, 0.2) is 32.9 Å². The van der Waals surface area contributed by atoms with Crippen molar-refractivity contribution in [2.45, 2.75) is 30.0 Å². The summed E-state index contributed by atoms with van der Waals surface area (Å²) in [6.07, 6.45) is 1.79. The van der Waals surface area contributed by atoms with E-state index in [2.05, 4.69) is 5.32 Å². The molecule has 3 rings (SSSR count). The third kappa shape index (κ3) is 4.14. The Kier molecular flexibility index (Phi) is 5.44. The highest BCUT2D eigenvalue weighted by atomic mass is 32.2. The van der Waals surface area contributed by atoms with Gasteiger partial charge < -0.3 is 14.8 Å². The molecule has 0 unspecified atom stereocenters. The van der Waals surface area contributed by atoms with Crippen LogP contribution in [0.3, 0.4) is 0 Å². The van der Waals surface area contributed by atoms with Gasteiger partial charge >= 0.3 is 5.97 Å². The second-order valence-electron chi connectivity index (χ2n) is 5.86. The standard InChI is InChI=1S/C16H18N2O6S2/c19-14(17-10-11-3-5-13(24-11)16(20)21)9-12-4-6-15(25-12)26(22,23)18-7-1-2-8-18/h3-6H,1-2,7-10H2,(H,17,19)(H,20,21). The van der Waals surface area contributed by atoms with Gasteiger partial charge in [-0.15, -0.1) is 11.3 Å². The van der Waals surface area contributed by atoms with Crippen LogP contribution in [0.1, 0.15) is 34.0 Å². The Morgan fingerprint density at radius 1 is 1.19 bits per heavy atom. The highest BCUT2D eigenvalue weighted by Gasteiger charge is 2.28. The van der Waals surface area contributed by atoms with Gasteiger partial charge in [0.1, 0.15) is 9.97 Å². The summed E-state index contributed by atoms with van der Waals surface area (Å²) in [7, 11) is -3.46. The molecule has 0 radical (unpaired) electrons. The number of sulfonamides is 1. The van der Waals surface area contributed by atoms with Crippen LogP contribution in [0.5, 0.6) is 0 Å². The molecule has 1 saturated heterocycles. The average molecular weight is 398 g/mol. The number of aromatic carboxylic acids is 1. The van der Waals surface area contributed by atoms with Gasteiger partial charge in [0, 0.05) is 18.0 Å². The normalized spacial score (nSPS) is 15.2. The topological polar surface area (TPSA) is 117 Å². The van der Waals surface area contributed by atoms with Crippen molar-refractivity contribution in [1.29, 1.82) is 0 Å². The monoisotopic (exact) mass is 398 g/mol. The van der Waals surface area contributed by atoms with Gasteiger partial charge in [-0.25, -0.2) is 13.2 Å². The molecule has 0 spiro atoms. The first kappa shape index (κ1) is 18.6. The van der Waals surface area contributed by atoms with Crippen LogP contribution in [-0.2, 0) is 27.8 Å². The van der Waals surface area contributed by atoms with Gasteiger partial charge in [0.05, 0.1) is 13.0 Å². The van der Waals surface area contributed by atoms with Crippen LogP contribution < -0.4 is 5.32 Å². The molecule has 26 heavy (non-hydrogen) atoms. The van der Waals surface area contributed by atoms with Crippen molar-refractivity contribution in [1.82, 2.24) is 9.62 Å². The highest BCUT2D eigenvalue weighted by Crippen LogP contribution is 2.27. The van der Waals surface area contributed by atoms with Gasteiger partial charge in [-0.3, -0.25) is 4.79 Å². The maximum absolute atomic E-state index is 12.5. The van der Waals surface area contributed by atoms with E-state index < -0.39 is 16.0 Å². The molecule has 1 fully saturated rings. The number of hydrogen-bond donors (Lipinski definition) is 2. The van der Waals surface area contributed by atoms with Crippen LogP contribution >= 0.6 is 11.3 Å². The molecule has 2 aromatic heterocycles. The van der Waals surface area contributed by atoms with Crippen LogP contribution in [0.25, 0.3) is 0 Å². The molecule has 1 aliphatic heterocycles. The van der Waals surface area contributed by atoms with Crippen LogP contribution in [0.4, 0.5) is 0 Å². The van der Waals surface area contributed by atoms with Crippen molar-refractivity contribution in [3.8, 4) is 0 Å². The number of carboxylic acid groups (broad SMARTS) is 1. The molecule has 1 aliphatic rings. The van der Waals surface area contributed by atoms with E-state index in [9.17, 15) is 18.0 Å². The molecular formula is C16H18N2O6S2. The van der Waals surface area contributed by atoms with E-state index in [4.69, 9.17) is 9.52 Å². The fraction of sp³-hybridized carbons (Fsp3) is 0.375. The smallest absolute Gasteiger partial charge is 0.371 e. The van der Waals surface area contributed by atoms with Crippen molar-refractivity contribution in [3.63, 3.8) is 0 Å². The lowest BCUT2D eigenvalue weighted by molar-refractivity contribution is -0.120. The third-order valence-corrected chi connectivity index (χ3v) is 7.41. The van der Waals surface area contributed by atoms with Gasteiger partial charge in [0.25, 0.3) is 10.0 Å². The molecule has 0 aromatic carbocycles. The van der Waals surface area contributed by atoms with Crippen LogP contribution in [0.2, 0.25) is 0 Å². The summed E-state index contributed by atoms with van der Waals surface area (Å²) in [6.45, 7) is 1.14. The third-order valence-electron chi connectivity index (χ3n) is 3.96. The Morgan fingerprint density at radius 3 is 2.58 bits per heavy atom. The molecule has 2 aromatic rings. The zero-order valence-electron chi connectivity index (χ0n) is 13.8. The fourth-order valence-corrected chi connectivity index (χ4v) is 5.67. The second-order valence-corrected chi connectivity index (χ2v) is 9.19. The number of thiophene rings is 1. The molecular weight excluding hydrogens is 380 g/mol. The maximum Gasteiger partial charge on any atom is 0.371 e. The average Bonchev–Trinajstić information content (AvgIpc) is 3.33. The minimum Gasteiger partial charge on any atom is -0.475 e. The van der Waals surface area contributed by atoms with Crippen LogP contribution in [0, 0.1) is 0 Å². The summed E-state index contributed by atoms with van der Waals surface area (Å²) in [4.78, 5) is 23.4. The number of nitrogens with zero attached hydrogens (tertiary/aromatic N) is 1. The Morgan fingerprint density at radius 2 is 1.92 bits per heavy atom. The SMILES string of the molecule is O=C(Cc1ccc(S(=O)(=O)N2CCCC2)s1)NCc1ccc(C(=O)O)o1. The summed E-state index contributed by atoms with van der Waals surface area (Å²) in [5, 5.41) is 11.4. The van der Waals surface area contributed by atoms with E-state index >= 15 is 0 Å². The molecule has 8 nitrogen and oxygen atoms in total. The summed E-state index contributed by atoms with van der Waals surface area (Å²) in [5.41, 5.74) is 0.